The summed E-state index contributed by atoms with van der Waals surface area (Å²) in [4.78, 5) is 15.3. The lowest BCUT2D eigenvalue weighted by molar-refractivity contribution is 0.102. The number of piperidine rings is 1. The van der Waals surface area contributed by atoms with Crippen molar-refractivity contribution in [3.8, 4) is 17.1 Å². The molecule has 3 N–H and O–H groups in total. The van der Waals surface area contributed by atoms with Gasteiger partial charge in [-0.15, -0.1) is 0 Å². The highest BCUT2D eigenvalue weighted by molar-refractivity contribution is 6.30. The van der Waals surface area contributed by atoms with Crippen molar-refractivity contribution in [1.82, 2.24) is 19.7 Å². The number of para-hydroxylation sites is 1. The van der Waals surface area contributed by atoms with E-state index in [1.54, 1.807) is 0 Å². The van der Waals surface area contributed by atoms with Gasteiger partial charge in [0, 0.05) is 39.5 Å². The van der Waals surface area contributed by atoms with Gasteiger partial charge in [-0.1, -0.05) is 35.9 Å². The third kappa shape index (κ3) is 5.03. The number of aromatic amines is 1. The van der Waals surface area contributed by atoms with E-state index >= 15 is 0 Å². The minimum atomic E-state index is -0.193. The van der Waals surface area contributed by atoms with Gasteiger partial charge >= 0.3 is 0 Å². The average molecular weight is 525 g/mol. The van der Waals surface area contributed by atoms with Crippen LogP contribution in [0.4, 0.5) is 11.5 Å². The number of nitrogens with zero attached hydrogens (tertiary/aromatic N) is 3. The van der Waals surface area contributed by atoms with Crippen molar-refractivity contribution >= 4 is 39.9 Å². The Morgan fingerprint density at radius 3 is 2.55 bits per heavy atom. The number of halogens is 1. The van der Waals surface area contributed by atoms with Crippen molar-refractivity contribution in [1.29, 1.82) is 0 Å². The number of likely N-dealkylation sites (tertiary alicyclic amines) is 1. The summed E-state index contributed by atoms with van der Waals surface area (Å²) in [6.45, 7) is 2.20. The largest absolute Gasteiger partial charge is 0.382 e. The molecular formula is C30H29ClN6O. The summed E-state index contributed by atoms with van der Waals surface area (Å²) in [5.74, 6) is 0.336. The summed E-state index contributed by atoms with van der Waals surface area (Å²) >= 11 is 6.31. The maximum atomic E-state index is 13.0. The maximum absolute atomic E-state index is 13.0. The van der Waals surface area contributed by atoms with Crippen LogP contribution in [-0.2, 0) is 0 Å². The van der Waals surface area contributed by atoms with Crippen LogP contribution in [0.5, 0.6) is 0 Å². The Labute approximate surface area is 226 Å². The van der Waals surface area contributed by atoms with Gasteiger partial charge in [0.25, 0.3) is 5.91 Å². The minimum Gasteiger partial charge on any atom is -0.382 e. The number of carbonyl (C=O) groups excluding carboxylic acids is 1. The lowest BCUT2D eigenvalue weighted by Gasteiger charge is -2.30. The van der Waals surface area contributed by atoms with E-state index in [2.05, 4.69) is 55.5 Å². The maximum Gasteiger partial charge on any atom is 0.256 e. The Kier molecular flexibility index (Phi) is 6.62. The lowest BCUT2D eigenvalue weighted by atomic mass is 10.0. The van der Waals surface area contributed by atoms with Crippen LogP contribution in [0.3, 0.4) is 0 Å². The Hall–Kier alpha value is -4.07. The fraction of sp³-hybridized carbons (Fsp3) is 0.200. The van der Waals surface area contributed by atoms with E-state index in [1.165, 1.54) is 0 Å². The Bertz CT molecular complexity index is 1580. The van der Waals surface area contributed by atoms with Gasteiger partial charge in [-0.25, -0.2) is 0 Å². The van der Waals surface area contributed by atoms with Crippen LogP contribution in [0.1, 0.15) is 23.2 Å². The molecule has 0 spiro atoms. The van der Waals surface area contributed by atoms with Crippen LogP contribution in [0.2, 0.25) is 5.02 Å². The second-order valence-corrected chi connectivity index (χ2v) is 10.3. The quantitative estimate of drug-likeness (QED) is 0.239. The molecule has 1 amide bonds. The topological polar surface area (TPSA) is 78.0 Å². The van der Waals surface area contributed by atoms with Crippen LogP contribution < -0.4 is 10.6 Å². The van der Waals surface area contributed by atoms with E-state index in [1.807, 2.05) is 66.7 Å². The summed E-state index contributed by atoms with van der Waals surface area (Å²) in [7, 11) is 2.16. The number of H-pyrrole nitrogens is 1. The first-order valence-corrected chi connectivity index (χ1v) is 13.2. The second-order valence-electron chi connectivity index (χ2n) is 9.82. The number of aromatic nitrogens is 3. The Morgan fingerprint density at radius 1 is 0.974 bits per heavy atom. The van der Waals surface area contributed by atoms with Crippen LogP contribution in [-0.4, -0.2) is 51.8 Å². The molecule has 1 saturated heterocycles. The van der Waals surface area contributed by atoms with Crippen molar-refractivity contribution in [3.05, 3.63) is 95.5 Å². The first kappa shape index (κ1) is 24.3. The molecule has 2 aromatic heterocycles. The lowest BCUT2D eigenvalue weighted by Crippen LogP contribution is -2.36. The van der Waals surface area contributed by atoms with Crippen LogP contribution >= 0.6 is 11.6 Å². The number of amides is 1. The molecule has 3 heterocycles. The molecule has 0 unspecified atom stereocenters. The molecule has 0 saturated carbocycles. The van der Waals surface area contributed by atoms with Crippen molar-refractivity contribution in [3.63, 3.8) is 0 Å². The second kappa shape index (κ2) is 10.4. The number of nitrogens with one attached hydrogen (secondary N) is 3. The van der Waals surface area contributed by atoms with Gasteiger partial charge in [-0.3, -0.25) is 9.89 Å². The van der Waals surface area contributed by atoms with E-state index in [0.29, 0.717) is 28.1 Å². The molecule has 0 aliphatic carbocycles. The fourth-order valence-electron chi connectivity index (χ4n) is 5.05. The van der Waals surface area contributed by atoms with Crippen LogP contribution in [0, 0.1) is 0 Å². The van der Waals surface area contributed by atoms with Gasteiger partial charge in [0.2, 0.25) is 0 Å². The Morgan fingerprint density at radius 2 is 1.76 bits per heavy atom. The smallest absolute Gasteiger partial charge is 0.256 e. The predicted octanol–water partition coefficient (Wildman–Crippen LogP) is 6.43. The van der Waals surface area contributed by atoms with Crippen molar-refractivity contribution < 1.29 is 4.79 Å². The zero-order valence-electron chi connectivity index (χ0n) is 21.1. The molecule has 192 valence electrons. The molecule has 38 heavy (non-hydrogen) atoms. The molecule has 3 aromatic carbocycles. The summed E-state index contributed by atoms with van der Waals surface area (Å²) in [5.41, 5.74) is 5.23. The predicted molar refractivity (Wildman–Crippen MR) is 154 cm³/mol. The van der Waals surface area contributed by atoms with Crippen LogP contribution in [0.15, 0.2) is 84.9 Å². The highest BCUT2D eigenvalue weighted by Gasteiger charge is 2.18. The van der Waals surface area contributed by atoms with Crippen molar-refractivity contribution in [2.24, 2.45) is 0 Å². The summed E-state index contributed by atoms with van der Waals surface area (Å²) in [5, 5.41) is 15.8. The fourth-order valence-corrected chi connectivity index (χ4v) is 5.24. The number of fused-ring (bicyclic) bond motifs is 1. The van der Waals surface area contributed by atoms with Gasteiger partial charge in [0.05, 0.1) is 11.2 Å². The molecule has 0 atom stereocenters. The minimum absolute atomic E-state index is 0.193. The summed E-state index contributed by atoms with van der Waals surface area (Å²) in [6, 6.07) is 27.9. The molecule has 1 aliphatic heterocycles. The van der Waals surface area contributed by atoms with E-state index in [-0.39, 0.29) is 5.91 Å². The molecule has 0 bridgehead atoms. The summed E-state index contributed by atoms with van der Waals surface area (Å²) < 4.78 is 2.12. The van der Waals surface area contributed by atoms with E-state index < -0.39 is 0 Å². The molecule has 5 aromatic rings. The molecule has 1 aliphatic rings. The number of carbonyl (C=O) groups is 1. The normalized spacial score (nSPS) is 14.6. The van der Waals surface area contributed by atoms with Gasteiger partial charge in [0.1, 0.15) is 11.5 Å². The number of hydrogen-bond donors (Lipinski definition) is 3. The third-order valence-electron chi connectivity index (χ3n) is 7.10. The SMILES string of the molecule is CN1CCC(Nc2ccc(C(=O)Nc3cc(-c4cc5ccccc5n4-c4cccc(Cl)c4)n[nH]3)cc2)CC1. The first-order chi connectivity index (χ1) is 18.5. The summed E-state index contributed by atoms with van der Waals surface area (Å²) in [6.07, 6.45) is 2.24. The molecule has 7 nitrogen and oxygen atoms in total. The monoisotopic (exact) mass is 524 g/mol. The van der Waals surface area contributed by atoms with Crippen molar-refractivity contribution in [2.75, 3.05) is 30.8 Å². The van der Waals surface area contributed by atoms with Gasteiger partial charge in [-0.2, -0.15) is 5.10 Å². The highest BCUT2D eigenvalue weighted by atomic mass is 35.5. The molecule has 1 fully saturated rings. The molecule has 6 rings (SSSR count). The van der Waals surface area contributed by atoms with Gasteiger partial charge in [0.15, 0.2) is 0 Å². The van der Waals surface area contributed by atoms with Gasteiger partial charge < -0.3 is 20.1 Å². The average Bonchev–Trinajstić information content (AvgIpc) is 3.55. The van der Waals surface area contributed by atoms with E-state index in [0.717, 1.165) is 53.9 Å². The zero-order chi connectivity index (χ0) is 26.1. The van der Waals surface area contributed by atoms with Crippen LogP contribution in [0.25, 0.3) is 28.0 Å². The highest BCUT2D eigenvalue weighted by Crippen LogP contribution is 2.32. The van der Waals surface area contributed by atoms with Gasteiger partial charge in [-0.05, 0) is 87.6 Å². The first-order valence-electron chi connectivity index (χ1n) is 12.8. The zero-order valence-corrected chi connectivity index (χ0v) is 21.9. The Balaban J connectivity index is 1.20. The standard InChI is InChI=1S/C30H29ClN6O/c1-36-15-13-24(14-16-36)32-23-11-9-20(10-12-23)30(38)33-29-19-26(34-35-29)28-17-21-5-2-3-8-27(21)37(28)25-7-4-6-22(31)18-25/h2-12,17-19,24,32H,13-16H2,1H3,(H2,33,34,35,38). The van der Waals surface area contributed by atoms with E-state index in [9.17, 15) is 4.79 Å². The number of anilines is 2. The number of rotatable bonds is 6. The molecule has 8 heteroatoms. The molecular weight excluding hydrogens is 496 g/mol. The number of hydrogen-bond acceptors (Lipinski definition) is 4. The number of benzene rings is 3. The third-order valence-corrected chi connectivity index (χ3v) is 7.34. The van der Waals surface area contributed by atoms with E-state index in [4.69, 9.17) is 11.6 Å². The molecule has 0 radical (unpaired) electrons. The van der Waals surface area contributed by atoms with Crippen molar-refractivity contribution in [2.45, 2.75) is 18.9 Å².